The Morgan fingerprint density at radius 2 is 2.31 bits per heavy atom. The number of aromatic nitrogens is 2. The van der Waals surface area contributed by atoms with E-state index in [1.165, 1.54) is 0 Å². The molecule has 1 aromatic rings. The van der Waals surface area contributed by atoms with E-state index in [9.17, 15) is 4.79 Å². The largest absolute Gasteiger partial charge is 0.338 e. The molecule has 2 atom stereocenters. The molecule has 0 radical (unpaired) electrons. The second kappa shape index (κ2) is 4.25. The van der Waals surface area contributed by atoms with Crippen molar-refractivity contribution in [2.45, 2.75) is 18.9 Å². The number of carbonyl (C=O) groups excluding carboxylic acids is 1. The molecule has 0 saturated carbocycles. The highest BCUT2D eigenvalue weighted by atomic mass is 16.2. The smallest absolute Gasteiger partial charge is 0.222 e. The summed E-state index contributed by atoms with van der Waals surface area (Å²) in [5.74, 6) is 0.533. The Morgan fingerprint density at radius 3 is 2.88 bits per heavy atom. The predicted octanol–water partition coefficient (Wildman–Crippen LogP) is 0.288. The first-order valence-electron chi connectivity index (χ1n) is 5.57. The maximum absolute atomic E-state index is 11.7. The molecule has 2 unspecified atom stereocenters. The average Bonchev–Trinajstić information content (AvgIpc) is 2.68. The average molecular weight is 222 g/mol. The number of likely N-dealkylation sites (tertiary alicyclic amines) is 1. The Bertz CT molecular complexity index is 387. The number of hydrogen-bond acceptors (Lipinski definition) is 3. The van der Waals surface area contributed by atoms with Crippen LogP contribution in [-0.4, -0.2) is 34.2 Å². The highest BCUT2D eigenvalue weighted by Gasteiger charge is 2.34. The number of nitrogens with two attached hydrogens (primary N) is 1. The first kappa shape index (κ1) is 11.1. The molecule has 0 spiro atoms. The molecule has 5 nitrogen and oxygen atoms in total. The summed E-state index contributed by atoms with van der Waals surface area (Å²) in [5.41, 5.74) is 6.86. The summed E-state index contributed by atoms with van der Waals surface area (Å²) in [6.07, 6.45) is 5.26. The fourth-order valence-corrected chi connectivity index (χ4v) is 2.45. The van der Waals surface area contributed by atoms with Gasteiger partial charge >= 0.3 is 0 Å². The van der Waals surface area contributed by atoms with Crippen LogP contribution in [-0.2, 0) is 11.8 Å². The van der Waals surface area contributed by atoms with Crippen LogP contribution >= 0.6 is 0 Å². The van der Waals surface area contributed by atoms with E-state index in [-0.39, 0.29) is 11.9 Å². The first-order chi connectivity index (χ1) is 7.63. The molecule has 88 valence electrons. The van der Waals surface area contributed by atoms with Crippen LogP contribution in [0.15, 0.2) is 12.4 Å². The third kappa shape index (κ3) is 1.82. The fourth-order valence-electron chi connectivity index (χ4n) is 2.45. The molecule has 0 aliphatic carbocycles. The lowest BCUT2D eigenvalue weighted by molar-refractivity contribution is -0.136. The second-order valence-corrected chi connectivity index (χ2v) is 4.43. The number of rotatable bonds is 2. The van der Waals surface area contributed by atoms with Crippen molar-refractivity contribution in [1.29, 1.82) is 0 Å². The van der Waals surface area contributed by atoms with Gasteiger partial charge in [0.15, 0.2) is 0 Å². The van der Waals surface area contributed by atoms with Gasteiger partial charge in [0.2, 0.25) is 5.91 Å². The third-order valence-electron chi connectivity index (χ3n) is 3.36. The molecule has 5 heteroatoms. The Morgan fingerprint density at radius 1 is 1.56 bits per heavy atom. The zero-order valence-electron chi connectivity index (χ0n) is 9.76. The molecular weight excluding hydrogens is 204 g/mol. The Balaban J connectivity index is 2.29. The van der Waals surface area contributed by atoms with Gasteiger partial charge in [-0.1, -0.05) is 0 Å². The summed E-state index contributed by atoms with van der Waals surface area (Å²) in [4.78, 5) is 13.5. The number of piperidine rings is 1. The van der Waals surface area contributed by atoms with Gasteiger partial charge in [-0.2, -0.15) is 5.10 Å². The van der Waals surface area contributed by atoms with Crippen molar-refractivity contribution in [3.8, 4) is 0 Å². The lowest BCUT2D eigenvalue weighted by Crippen LogP contribution is -2.42. The van der Waals surface area contributed by atoms with Crippen LogP contribution < -0.4 is 5.73 Å². The maximum Gasteiger partial charge on any atom is 0.222 e. The van der Waals surface area contributed by atoms with Crippen molar-refractivity contribution in [3.63, 3.8) is 0 Å². The van der Waals surface area contributed by atoms with E-state index in [2.05, 4.69) is 5.10 Å². The van der Waals surface area contributed by atoms with Crippen LogP contribution in [0.5, 0.6) is 0 Å². The second-order valence-electron chi connectivity index (χ2n) is 4.43. The van der Waals surface area contributed by atoms with Crippen molar-refractivity contribution in [1.82, 2.24) is 14.7 Å². The van der Waals surface area contributed by atoms with E-state index in [0.29, 0.717) is 18.9 Å². The van der Waals surface area contributed by atoms with Gasteiger partial charge in [-0.05, 0) is 18.9 Å². The normalized spacial score (nSPS) is 26.2. The van der Waals surface area contributed by atoms with Crippen LogP contribution in [0.1, 0.15) is 24.4 Å². The predicted molar refractivity (Wildman–Crippen MR) is 60.5 cm³/mol. The Labute approximate surface area is 95.2 Å². The van der Waals surface area contributed by atoms with Gasteiger partial charge in [-0.15, -0.1) is 0 Å². The topological polar surface area (TPSA) is 64.2 Å². The van der Waals surface area contributed by atoms with Gasteiger partial charge in [0.25, 0.3) is 0 Å². The monoisotopic (exact) mass is 222 g/mol. The van der Waals surface area contributed by atoms with Crippen LogP contribution in [0.3, 0.4) is 0 Å². The summed E-state index contributed by atoms with van der Waals surface area (Å²) in [5, 5.41) is 4.16. The SMILES string of the molecule is CN1C(=O)CCC(CN)C1c1cnn(C)c1. The van der Waals surface area contributed by atoms with Crippen molar-refractivity contribution in [2.24, 2.45) is 18.7 Å². The fraction of sp³-hybridized carbons (Fsp3) is 0.636. The number of carbonyl (C=O) groups is 1. The van der Waals surface area contributed by atoms with Crippen molar-refractivity contribution >= 4 is 5.91 Å². The zero-order valence-corrected chi connectivity index (χ0v) is 9.76. The highest BCUT2D eigenvalue weighted by Crippen LogP contribution is 2.34. The molecule has 1 aliphatic heterocycles. The molecule has 1 amide bonds. The minimum Gasteiger partial charge on any atom is -0.338 e. The van der Waals surface area contributed by atoms with Gasteiger partial charge in [0.1, 0.15) is 0 Å². The first-order valence-corrected chi connectivity index (χ1v) is 5.57. The van der Waals surface area contributed by atoms with E-state index in [1.807, 2.05) is 26.5 Å². The van der Waals surface area contributed by atoms with Crippen LogP contribution in [0, 0.1) is 5.92 Å². The van der Waals surface area contributed by atoms with E-state index in [0.717, 1.165) is 12.0 Å². The van der Waals surface area contributed by atoms with E-state index in [4.69, 9.17) is 5.73 Å². The van der Waals surface area contributed by atoms with Crippen LogP contribution in [0.4, 0.5) is 0 Å². The van der Waals surface area contributed by atoms with E-state index < -0.39 is 0 Å². The number of amides is 1. The molecule has 0 aromatic carbocycles. The van der Waals surface area contributed by atoms with Gasteiger partial charge < -0.3 is 10.6 Å². The highest BCUT2D eigenvalue weighted by molar-refractivity contribution is 5.77. The third-order valence-corrected chi connectivity index (χ3v) is 3.36. The van der Waals surface area contributed by atoms with Crippen molar-refractivity contribution in [2.75, 3.05) is 13.6 Å². The van der Waals surface area contributed by atoms with Crippen molar-refractivity contribution < 1.29 is 4.79 Å². The lowest BCUT2D eigenvalue weighted by atomic mass is 9.86. The summed E-state index contributed by atoms with van der Waals surface area (Å²) in [7, 11) is 3.73. The molecule has 2 N–H and O–H groups in total. The number of aryl methyl sites for hydroxylation is 1. The Kier molecular flexibility index (Phi) is 2.96. The molecule has 0 bridgehead atoms. The van der Waals surface area contributed by atoms with E-state index in [1.54, 1.807) is 9.58 Å². The van der Waals surface area contributed by atoms with Crippen LogP contribution in [0.2, 0.25) is 0 Å². The van der Waals surface area contributed by atoms with Gasteiger partial charge in [0.05, 0.1) is 12.2 Å². The molecule has 2 heterocycles. The quantitative estimate of drug-likeness (QED) is 0.782. The summed E-state index contributed by atoms with van der Waals surface area (Å²) in [6.45, 7) is 0.608. The molecule has 16 heavy (non-hydrogen) atoms. The molecule has 2 rings (SSSR count). The van der Waals surface area contributed by atoms with Gasteiger partial charge in [-0.3, -0.25) is 9.48 Å². The minimum absolute atomic E-state index is 0.0833. The molecule has 1 aliphatic rings. The number of hydrogen-bond donors (Lipinski definition) is 1. The lowest BCUT2D eigenvalue weighted by Gasteiger charge is -2.38. The summed E-state index contributed by atoms with van der Waals surface area (Å²) in [6, 6.07) is 0.0833. The maximum atomic E-state index is 11.7. The Hall–Kier alpha value is -1.36. The number of nitrogens with zero attached hydrogens (tertiary/aromatic N) is 3. The molecular formula is C11H18N4O. The standard InChI is InChI=1S/C11H18N4O/c1-14-7-9(6-13-14)11-8(5-12)3-4-10(16)15(11)2/h6-8,11H,3-5,12H2,1-2H3. The molecule has 1 fully saturated rings. The minimum atomic E-state index is 0.0833. The zero-order chi connectivity index (χ0) is 11.7. The summed E-state index contributed by atoms with van der Waals surface area (Å²) < 4.78 is 1.76. The summed E-state index contributed by atoms with van der Waals surface area (Å²) >= 11 is 0. The molecule has 1 saturated heterocycles. The van der Waals surface area contributed by atoms with Crippen LogP contribution in [0.25, 0.3) is 0 Å². The molecule has 1 aromatic heterocycles. The van der Waals surface area contributed by atoms with Crippen molar-refractivity contribution in [3.05, 3.63) is 18.0 Å². The van der Waals surface area contributed by atoms with Gasteiger partial charge in [-0.25, -0.2) is 0 Å². The van der Waals surface area contributed by atoms with Gasteiger partial charge in [0, 0.05) is 32.3 Å². The van der Waals surface area contributed by atoms with E-state index >= 15 is 0 Å².